The summed E-state index contributed by atoms with van der Waals surface area (Å²) in [5.74, 6) is 0.649. The largest absolute Gasteiger partial charge is 0.496 e. The molecule has 0 unspecified atom stereocenters. The Morgan fingerprint density at radius 1 is 1.17 bits per heavy atom. The molecule has 0 saturated carbocycles. The number of anilines is 1. The van der Waals surface area contributed by atoms with Crippen molar-refractivity contribution in [2.24, 2.45) is 0 Å². The zero-order chi connectivity index (χ0) is 17.5. The van der Waals surface area contributed by atoms with Crippen molar-refractivity contribution in [2.45, 2.75) is 26.3 Å². The number of rotatable bonds is 3. The predicted octanol–water partition coefficient (Wildman–Crippen LogP) is 5.44. The summed E-state index contributed by atoms with van der Waals surface area (Å²) < 4.78 is 5.45. The van der Waals surface area contributed by atoms with E-state index in [1.54, 1.807) is 13.2 Å². The number of carbonyl (C=O) groups excluding carboxylic acids is 1. The Morgan fingerprint density at radius 2 is 1.92 bits per heavy atom. The van der Waals surface area contributed by atoms with Crippen molar-refractivity contribution < 1.29 is 9.53 Å². The van der Waals surface area contributed by atoms with Crippen LogP contribution in [0.25, 0.3) is 16.7 Å². The molecule has 1 aliphatic heterocycles. The number of benzene rings is 2. The van der Waals surface area contributed by atoms with Crippen LogP contribution < -0.4 is 10.1 Å². The standard InChI is InChI=1S/C20H20ClNO2/c1-12-10-20(2,3)22-16-9-8-13(14(11-23)18(12)16)19-15(21)6-5-7-17(19)24-4/h5-11,22H,1-4H3. The van der Waals surface area contributed by atoms with Crippen molar-refractivity contribution >= 4 is 29.1 Å². The Labute approximate surface area is 147 Å². The van der Waals surface area contributed by atoms with E-state index < -0.39 is 0 Å². The molecule has 1 aliphatic rings. The maximum Gasteiger partial charge on any atom is 0.151 e. The molecule has 24 heavy (non-hydrogen) atoms. The Bertz CT molecular complexity index is 853. The third-order valence-corrected chi connectivity index (χ3v) is 4.57. The molecule has 124 valence electrons. The van der Waals surface area contributed by atoms with Crippen molar-refractivity contribution in [1.82, 2.24) is 0 Å². The molecular formula is C20H20ClNO2. The van der Waals surface area contributed by atoms with E-state index in [2.05, 4.69) is 25.2 Å². The molecule has 3 rings (SSSR count). The van der Waals surface area contributed by atoms with Gasteiger partial charge >= 0.3 is 0 Å². The number of allylic oxidation sites excluding steroid dienone is 1. The molecule has 3 nitrogen and oxygen atoms in total. The molecule has 4 heteroatoms. The minimum absolute atomic E-state index is 0.152. The first-order valence-corrected chi connectivity index (χ1v) is 8.19. The van der Waals surface area contributed by atoms with Crippen LogP contribution in [-0.2, 0) is 0 Å². The zero-order valence-corrected chi connectivity index (χ0v) is 15.0. The first-order chi connectivity index (χ1) is 11.4. The van der Waals surface area contributed by atoms with E-state index in [9.17, 15) is 4.79 Å². The van der Waals surface area contributed by atoms with Gasteiger partial charge in [-0.3, -0.25) is 4.79 Å². The molecule has 0 atom stereocenters. The second-order valence-corrected chi connectivity index (χ2v) is 6.97. The molecule has 2 aromatic rings. The monoisotopic (exact) mass is 341 g/mol. The average Bonchev–Trinajstić information content (AvgIpc) is 2.52. The van der Waals surface area contributed by atoms with Gasteiger partial charge in [0.1, 0.15) is 5.75 Å². The van der Waals surface area contributed by atoms with Gasteiger partial charge in [-0.1, -0.05) is 29.8 Å². The number of carbonyl (C=O) groups is 1. The molecule has 0 spiro atoms. The number of fused-ring (bicyclic) bond motifs is 1. The van der Waals surface area contributed by atoms with Crippen molar-refractivity contribution in [1.29, 1.82) is 0 Å². The van der Waals surface area contributed by atoms with Gasteiger partial charge in [-0.25, -0.2) is 0 Å². The number of methoxy groups -OCH3 is 1. The van der Waals surface area contributed by atoms with E-state index in [0.29, 0.717) is 16.3 Å². The number of nitrogens with one attached hydrogen (secondary N) is 1. The van der Waals surface area contributed by atoms with Gasteiger partial charge in [-0.05, 0) is 50.1 Å². The third kappa shape index (κ3) is 2.69. The summed E-state index contributed by atoms with van der Waals surface area (Å²) in [7, 11) is 1.60. The fraction of sp³-hybridized carbons (Fsp3) is 0.250. The molecule has 2 aromatic carbocycles. The van der Waals surface area contributed by atoms with Gasteiger partial charge in [-0.15, -0.1) is 0 Å². The van der Waals surface area contributed by atoms with Crippen LogP contribution in [-0.4, -0.2) is 18.9 Å². The lowest BCUT2D eigenvalue weighted by molar-refractivity contribution is 0.112. The maximum atomic E-state index is 12.0. The van der Waals surface area contributed by atoms with E-state index in [4.69, 9.17) is 16.3 Å². The van der Waals surface area contributed by atoms with Gasteiger partial charge in [-0.2, -0.15) is 0 Å². The molecule has 0 aromatic heterocycles. The van der Waals surface area contributed by atoms with E-state index >= 15 is 0 Å². The summed E-state index contributed by atoms with van der Waals surface area (Å²) >= 11 is 6.41. The first-order valence-electron chi connectivity index (χ1n) is 7.81. The normalized spacial score (nSPS) is 15.1. The van der Waals surface area contributed by atoms with Gasteiger partial charge in [0, 0.05) is 22.4 Å². The summed E-state index contributed by atoms with van der Waals surface area (Å²) in [6.45, 7) is 6.23. The number of halogens is 1. The Balaban J connectivity index is 2.31. The van der Waals surface area contributed by atoms with Crippen LogP contribution in [0.15, 0.2) is 36.4 Å². The van der Waals surface area contributed by atoms with Crippen LogP contribution in [0.3, 0.4) is 0 Å². The molecule has 0 aliphatic carbocycles. The minimum Gasteiger partial charge on any atom is -0.496 e. The minimum atomic E-state index is -0.152. The third-order valence-electron chi connectivity index (χ3n) is 4.26. The Kier molecular flexibility index (Phi) is 4.14. The summed E-state index contributed by atoms with van der Waals surface area (Å²) in [6.07, 6.45) is 3.03. The summed E-state index contributed by atoms with van der Waals surface area (Å²) in [6, 6.07) is 9.41. The van der Waals surface area contributed by atoms with E-state index in [0.717, 1.165) is 34.2 Å². The number of aldehydes is 1. The van der Waals surface area contributed by atoms with Crippen LogP contribution in [0, 0.1) is 0 Å². The van der Waals surface area contributed by atoms with E-state index in [1.807, 2.05) is 31.2 Å². The Morgan fingerprint density at radius 3 is 2.58 bits per heavy atom. The highest BCUT2D eigenvalue weighted by Gasteiger charge is 2.26. The summed E-state index contributed by atoms with van der Waals surface area (Å²) in [5.41, 5.74) is 4.94. The van der Waals surface area contributed by atoms with Crippen molar-refractivity contribution in [2.75, 3.05) is 12.4 Å². The van der Waals surface area contributed by atoms with Crippen molar-refractivity contribution in [3.8, 4) is 16.9 Å². The summed E-state index contributed by atoms with van der Waals surface area (Å²) in [5, 5.41) is 4.02. The lowest BCUT2D eigenvalue weighted by atomic mass is 9.85. The molecule has 0 fully saturated rings. The zero-order valence-electron chi connectivity index (χ0n) is 14.2. The second kappa shape index (κ2) is 5.99. The highest BCUT2D eigenvalue weighted by Crippen LogP contribution is 2.43. The van der Waals surface area contributed by atoms with Crippen LogP contribution in [0.1, 0.15) is 36.7 Å². The molecule has 0 bridgehead atoms. The number of hydrogen-bond acceptors (Lipinski definition) is 3. The average molecular weight is 342 g/mol. The number of hydrogen-bond donors (Lipinski definition) is 1. The van der Waals surface area contributed by atoms with Gasteiger partial charge < -0.3 is 10.1 Å². The van der Waals surface area contributed by atoms with Crippen LogP contribution in [0.2, 0.25) is 5.02 Å². The second-order valence-electron chi connectivity index (χ2n) is 6.56. The number of ether oxygens (including phenoxy) is 1. The van der Waals surface area contributed by atoms with E-state index in [1.165, 1.54) is 0 Å². The predicted molar refractivity (Wildman–Crippen MR) is 100 cm³/mol. The molecule has 0 radical (unpaired) electrons. The topological polar surface area (TPSA) is 38.3 Å². The van der Waals surface area contributed by atoms with E-state index in [-0.39, 0.29) is 5.54 Å². The smallest absolute Gasteiger partial charge is 0.151 e. The van der Waals surface area contributed by atoms with Gasteiger partial charge in [0.05, 0.1) is 17.7 Å². The maximum absolute atomic E-state index is 12.0. The SMILES string of the molecule is COc1cccc(Cl)c1-c1ccc2c(c1C=O)C(C)=CC(C)(C)N2. The van der Waals surface area contributed by atoms with Crippen LogP contribution in [0.4, 0.5) is 5.69 Å². The summed E-state index contributed by atoms with van der Waals surface area (Å²) in [4.78, 5) is 12.0. The molecule has 0 saturated heterocycles. The van der Waals surface area contributed by atoms with Crippen molar-refractivity contribution in [3.05, 3.63) is 52.6 Å². The van der Waals surface area contributed by atoms with Gasteiger partial charge in [0.2, 0.25) is 0 Å². The molecule has 0 amide bonds. The highest BCUT2D eigenvalue weighted by molar-refractivity contribution is 6.34. The van der Waals surface area contributed by atoms with Crippen molar-refractivity contribution in [3.63, 3.8) is 0 Å². The van der Waals surface area contributed by atoms with Gasteiger partial charge in [0.15, 0.2) is 6.29 Å². The molecule has 1 heterocycles. The lowest BCUT2D eigenvalue weighted by Gasteiger charge is -2.32. The van der Waals surface area contributed by atoms with Crippen LogP contribution >= 0.6 is 11.6 Å². The van der Waals surface area contributed by atoms with Gasteiger partial charge in [0.25, 0.3) is 0 Å². The lowest BCUT2D eigenvalue weighted by Crippen LogP contribution is -2.31. The highest BCUT2D eigenvalue weighted by atomic mass is 35.5. The Hall–Kier alpha value is -2.26. The fourth-order valence-electron chi connectivity index (χ4n) is 3.42. The van der Waals surface area contributed by atoms with Crippen LogP contribution in [0.5, 0.6) is 5.75 Å². The molecular weight excluding hydrogens is 322 g/mol. The fourth-order valence-corrected chi connectivity index (χ4v) is 3.69. The molecule has 1 N–H and O–H groups in total. The quantitative estimate of drug-likeness (QED) is 0.756. The first kappa shape index (κ1) is 16.6.